The van der Waals surface area contributed by atoms with Crippen molar-refractivity contribution in [2.75, 3.05) is 18.0 Å². The van der Waals surface area contributed by atoms with E-state index in [9.17, 15) is 0 Å². The Kier molecular flexibility index (Phi) is 4.03. The van der Waals surface area contributed by atoms with Gasteiger partial charge < -0.3 is 9.47 Å². The molecule has 3 nitrogen and oxygen atoms in total. The third-order valence-electron chi connectivity index (χ3n) is 4.68. The van der Waals surface area contributed by atoms with Gasteiger partial charge in [0.25, 0.3) is 0 Å². The van der Waals surface area contributed by atoms with Crippen LogP contribution in [-0.4, -0.2) is 22.6 Å². The maximum Gasteiger partial charge on any atom is 0.141 e. The first-order valence-corrected chi connectivity index (χ1v) is 8.63. The van der Waals surface area contributed by atoms with Gasteiger partial charge in [-0.15, -0.1) is 0 Å². The van der Waals surface area contributed by atoms with Gasteiger partial charge in [-0.1, -0.05) is 35.6 Å². The average Bonchev–Trinajstić information content (AvgIpc) is 2.99. The molecule has 3 heterocycles. The molecule has 3 aromatic rings. The predicted molar refractivity (Wildman–Crippen MR) is 104 cm³/mol. The lowest BCUT2D eigenvalue weighted by molar-refractivity contribution is 0.803. The molecule has 0 radical (unpaired) electrons. The lowest BCUT2D eigenvalue weighted by Gasteiger charge is -2.26. The topological polar surface area (TPSA) is 21.1 Å². The van der Waals surface area contributed by atoms with Crippen LogP contribution >= 0.6 is 0 Å². The summed E-state index contributed by atoms with van der Waals surface area (Å²) in [5, 5.41) is 1.22. The summed E-state index contributed by atoms with van der Waals surface area (Å²) < 4.78 is 2.10. The van der Waals surface area contributed by atoms with Crippen molar-refractivity contribution in [3.8, 4) is 11.8 Å². The molecule has 0 spiro atoms. The van der Waals surface area contributed by atoms with Crippen LogP contribution in [0.5, 0.6) is 0 Å². The second-order valence-corrected chi connectivity index (χ2v) is 6.54. The fraction of sp³-hybridized carbons (Fsp3) is 0.227. The number of benzene rings is 1. The van der Waals surface area contributed by atoms with E-state index in [0.717, 1.165) is 30.7 Å². The number of aryl methyl sites for hydroxylation is 2. The molecule has 0 saturated carbocycles. The molecule has 0 N–H and O–H groups in total. The van der Waals surface area contributed by atoms with E-state index in [-0.39, 0.29) is 0 Å². The molecule has 0 atom stereocenters. The molecule has 0 aliphatic carbocycles. The molecule has 124 valence electrons. The van der Waals surface area contributed by atoms with Crippen molar-refractivity contribution >= 4 is 16.7 Å². The summed E-state index contributed by atoms with van der Waals surface area (Å²) in [5.41, 5.74) is 5.87. The summed E-state index contributed by atoms with van der Waals surface area (Å²) in [6.07, 6.45) is 7.25. The van der Waals surface area contributed by atoms with Crippen LogP contribution < -0.4 is 4.90 Å². The summed E-state index contributed by atoms with van der Waals surface area (Å²) in [6, 6.07) is 12.5. The normalized spacial score (nSPS) is 14.2. The summed E-state index contributed by atoms with van der Waals surface area (Å²) in [4.78, 5) is 6.88. The highest BCUT2D eigenvalue weighted by atomic mass is 15.2. The van der Waals surface area contributed by atoms with Crippen molar-refractivity contribution in [2.45, 2.75) is 13.3 Å². The van der Waals surface area contributed by atoms with Crippen molar-refractivity contribution in [1.82, 2.24) is 9.55 Å². The predicted octanol–water partition coefficient (Wildman–Crippen LogP) is 4.07. The van der Waals surface area contributed by atoms with Gasteiger partial charge in [0.15, 0.2) is 0 Å². The summed E-state index contributed by atoms with van der Waals surface area (Å²) in [7, 11) is 2.05. The zero-order valence-electron chi connectivity index (χ0n) is 14.7. The minimum Gasteiger partial charge on any atom is -0.366 e. The molecule has 0 fully saturated rings. The fourth-order valence-corrected chi connectivity index (χ4v) is 3.23. The number of nitrogens with zero attached hydrogens (tertiary/aromatic N) is 3. The van der Waals surface area contributed by atoms with Gasteiger partial charge in [0, 0.05) is 49.1 Å². The maximum absolute atomic E-state index is 4.48. The zero-order valence-corrected chi connectivity index (χ0v) is 14.7. The summed E-state index contributed by atoms with van der Waals surface area (Å²) in [5.74, 6) is 6.62. The van der Waals surface area contributed by atoms with Gasteiger partial charge in [-0.25, -0.2) is 4.98 Å². The van der Waals surface area contributed by atoms with Crippen molar-refractivity contribution in [3.05, 3.63) is 71.6 Å². The molecule has 0 saturated heterocycles. The molecule has 1 aliphatic heterocycles. The van der Waals surface area contributed by atoms with Crippen LogP contribution in [0.15, 0.2) is 60.4 Å². The number of hydrogen-bond acceptors (Lipinski definition) is 2. The van der Waals surface area contributed by atoms with Gasteiger partial charge in [0.2, 0.25) is 0 Å². The molecular weight excluding hydrogens is 306 g/mol. The van der Waals surface area contributed by atoms with Gasteiger partial charge in [0.05, 0.1) is 5.69 Å². The van der Waals surface area contributed by atoms with Crippen molar-refractivity contribution in [3.63, 3.8) is 0 Å². The largest absolute Gasteiger partial charge is 0.366 e. The summed E-state index contributed by atoms with van der Waals surface area (Å²) in [6.45, 7) is 3.98. The van der Waals surface area contributed by atoms with Gasteiger partial charge >= 0.3 is 0 Å². The second-order valence-electron chi connectivity index (χ2n) is 6.54. The highest BCUT2D eigenvalue weighted by molar-refractivity contribution is 5.91. The molecule has 1 aromatic carbocycles. The van der Waals surface area contributed by atoms with Gasteiger partial charge in [-0.3, -0.25) is 0 Å². The van der Waals surface area contributed by atoms with Crippen molar-refractivity contribution in [1.29, 1.82) is 0 Å². The number of anilines is 1. The molecule has 1 aliphatic rings. The second kappa shape index (κ2) is 6.49. The Balaban J connectivity index is 1.53. The van der Waals surface area contributed by atoms with Crippen LogP contribution in [0.2, 0.25) is 0 Å². The van der Waals surface area contributed by atoms with Crippen molar-refractivity contribution in [2.24, 2.45) is 7.05 Å². The minimum atomic E-state index is 0.895. The fourth-order valence-electron chi connectivity index (χ4n) is 3.23. The molecule has 0 unspecified atom stereocenters. The zero-order chi connectivity index (χ0) is 17.2. The Morgan fingerprint density at radius 1 is 1.08 bits per heavy atom. The van der Waals surface area contributed by atoms with Crippen LogP contribution in [0.1, 0.15) is 17.5 Å². The SMILES string of the molecule is Cc1ccc(C#CC2=CCN(c3cn(C)c4ncccc34)CC2)cc1. The van der Waals surface area contributed by atoms with Crippen LogP contribution in [0.4, 0.5) is 5.69 Å². The van der Waals surface area contributed by atoms with E-state index in [4.69, 9.17) is 0 Å². The van der Waals surface area contributed by atoms with Crippen LogP contribution in [0.25, 0.3) is 11.0 Å². The molecule has 2 aromatic heterocycles. The van der Waals surface area contributed by atoms with E-state index in [1.165, 1.54) is 22.2 Å². The highest BCUT2D eigenvalue weighted by Crippen LogP contribution is 2.29. The Morgan fingerprint density at radius 2 is 1.92 bits per heavy atom. The van der Waals surface area contributed by atoms with E-state index >= 15 is 0 Å². The molecule has 0 bridgehead atoms. The number of rotatable bonds is 1. The Morgan fingerprint density at radius 3 is 2.68 bits per heavy atom. The van der Waals surface area contributed by atoms with E-state index in [1.807, 2.05) is 12.3 Å². The quantitative estimate of drug-likeness (QED) is 0.628. The molecule has 4 rings (SSSR count). The van der Waals surface area contributed by atoms with Gasteiger partial charge in [0.1, 0.15) is 5.65 Å². The first-order chi connectivity index (χ1) is 12.2. The Hall–Kier alpha value is -2.99. The Labute approximate surface area is 148 Å². The smallest absolute Gasteiger partial charge is 0.141 e. The third kappa shape index (κ3) is 3.16. The minimum absolute atomic E-state index is 0.895. The number of fused-ring (bicyclic) bond motifs is 1. The number of aromatic nitrogens is 2. The van der Waals surface area contributed by atoms with Crippen LogP contribution in [-0.2, 0) is 7.05 Å². The van der Waals surface area contributed by atoms with Gasteiger partial charge in [-0.05, 0) is 37.6 Å². The number of hydrogen-bond donors (Lipinski definition) is 0. The van der Waals surface area contributed by atoms with E-state index in [1.54, 1.807) is 0 Å². The third-order valence-corrected chi connectivity index (χ3v) is 4.68. The molecular formula is C22H21N3. The first-order valence-electron chi connectivity index (χ1n) is 8.63. The molecule has 25 heavy (non-hydrogen) atoms. The Bertz CT molecular complexity index is 997. The highest BCUT2D eigenvalue weighted by Gasteiger charge is 2.16. The van der Waals surface area contributed by atoms with Crippen LogP contribution in [0, 0.1) is 18.8 Å². The average molecular weight is 327 g/mol. The van der Waals surface area contributed by atoms with Gasteiger partial charge in [-0.2, -0.15) is 0 Å². The van der Waals surface area contributed by atoms with Crippen molar-refractivity contribution < 1.29 is 0 Å². The van der Waals surface area contributed by atoms with E-state index in [2.05, 4.69) is 82.9 Å². The van der Waals surface area contributed by atoms with Crippen LogP contribution in [0.3, 0.4) is 0 Å². The van der Waals surface area contributed by atoms with E-state index in [0.29, 0.717) is 0 Å². The number of pyridine rings is 1. The molecule has 3 heteroatoms. The summed E-state index contributed by atoms with van der Waals surface area (Å²) >= 11 is 0. The standard InChI is InChI=1S/C22H21N3/c1-17-5-7-18(8-6-17)9-10-19-11-14-25(15-12-19)21-16-24(2)22-20(21)4-3-13-23-22/h3-8,11,13,16H,12,14-15H2,1-2H3. The maximum atomic E-state index is 4.48. The molecule has 0 amide bonds. The first kappa shape index (κ1) is 15.5. The monoisotopic (exact) mass is 327 g/mol. The lowest BCUT2D eigenvalue weighted by atomic mass is 10.1. The van der Waals surface area contributed by atoms with E-state index < -0.39 is 0 Å². The lowest BCUT2D eigenvalue weighted by Crippen LogP contribution is -2.28.